The van der Waals surface area contributed by atoms with Crippen LogP contribution in [0.25, 0.3) is 0 Å². The van der Waals surface area contributed by atoms with E-state index < -0.39 is 11.9 Å². The average Bonchev–Trinajstić information content (AvgIpc) is 2.42. The second kappa shape index (κ2) is 8.04. The Morgan fingerprint density at radius 1 is 1.15 bits per heavy atom. The summed E-state index contributed by atoms with van der Waals surface area (Å²) in [5.41, 5.74) is 0.465. The van der Waals surface area contributed by atoms with Crippen LogP contribution >= 0.6 is 23.2 Å². The molecule has 20 heavy (non-hydrogen) atoms. The molecule has 1 rings (SSSR count). The van der Waals surface area contributed by atoms with E-state index in [9.17, 15) is 9.59 Å². The monoisotopic (exact) mass is 320 g/mol. The number of rotatable bonds is 6. The summed E-state index contributed by atoms with van der Waals surface area (Å²) in [4.78, 5) is 28.2. The summed E-state index contributed by atoms with van der Waals surface area (Å²) >= 11 is 11.8. The number of carbonyl (C=O) groups excluding carboxylic acids is 2. The molecule has 8 heteroatoms. The molecule has 0 amide bonds. The Bertz CT molecular complexity index is 478. The normalized spacial score (nSPS) is 10.4. The molecule has 0 radical (unpaired) electrons. The zero-order valence-corrected chi connectivity index (χ0v) is 12.6. The van der Waals surface area contributed by atoms with Gasteiger partial charge in [-0.05, 0) is 12.1 Å². The van der Waals surface area contributed by atoms with Crippen molar-refractivity contribution >= 4 is 35.1 Å². The van der Waals surface area contributed by atoms with Gasteiger partial charge in [-0.15, -0.1) is 0 Å². The molecule has 110 valence electrons. The van der Waals surface area contributed by atoms with Crippen LogP contribution in [0.4, 0.5) is 0 Å². The van der Waals surface area contributed by atoms with E-state index in [1.54, 1.807) is 12.1 Å². The van der Waals surface area contributed by atoms with E-state index in [0.29, 0.717) is 10.7 Å². The second-order valence-corrected chi connectivity index (χ2v) is 4.65. The summed E-state index contributed by atoms with van der Waals surface area (Å²) in [6.45, 7) is -0.00413. The molecule has 0 unspecified atom stereocenters. The van der Waals surface area contributed by atoms with Gasteiger partial charge in [0.15, 0.2) is 0 Å². The van der Waals surface area contributed by atoms with E-state index in [0.717, 1.165) is 0 Å². The van der Waals surface area contributed by atoms with Crippen LogP contribution in [0.5, 0.6) is 0 Å². The number of halogens is 2. The van der Waals surface area contributed by atoms with E-state index in [2.05, 4.69) is 14.5 Å². The molecule has 0 N–H and O–H groups in total. The lowest BCUT2D eigenvalue weighted by Crippen LogP contribution is -2.35. The van der Waals surface area contributed by atoms with Crippen LogP contribution in [-0.2, 0) is 25.6 Å². The molecule has 0 spiro atoms. The number of aromatic nitrogens is 1. The third-order valence-corrected chi connectivity index (χ3v) is 2.97. The molecule has 0 aliphatic heterocycles. The predicted molar refractivity (Wildman–Crippen MR) is 73.6 cm³/mol. The Labute approximate surface area is 126 Å². The lowest BCUT2D eigenvalue weighted by Gasteiger charge is -2.19. The highest BCUT2D eigenvalue weighted by Gasteiger charge is 2.18. The zero-order chi connectivity index (χ0) is 15.1. The fraction of sp³-hybridized carbons (Fsp3) is 0.417. The van der Waals surface area contributed by atoms with Crippen molar-refractivity contribution in [1.29, 1.82) is 0 Å². The molecular weight excluding hydrogens is 307 g/mol. The van der Waals surface area contributed by atoms with Crippen LogP contribution in [-0.4, -0.2) is 49.1 Å². The van der Waals surface area contributed by atoms with E-state index in [-0.39, 0.29) is 24.8 Å². The maximum absolute atomic E-state index is 11.3. The van der Waals surface area contributed by atoms with Crippen molar-refractivity contribution in [3.8, 4) is 0 Å². The van der Waals surface area contributed by atoms with Gasteiger partial charge >= 0.3 is 11.9 Å². The maximum atomic E-state index is 11.3. The van der Waals surface area contributed by atoms with Gasteiger partial charge in [0.05, 0.1) is 38.0 Å². The highest BCUT2D eigenvalue weighted by molar-refractivity contribution is 6.32. The molecule has 6 nitrogen and oxygen atoms in total. The Balaban J connectivity index is 2.84. The molecule has 0 saturated carbocycles. The summed E-state index contributed by atoms with van der Waals surface area (Å²) in [6.07, 6.45) is 0. The van der Waals surface area contributed by atoms with Crippen molar-refractivity contribution in [2.45, 2.75) is 6.54 Å². The van der Waals surface area contributed by atoms with Crippen molar-refractivity contribution in [3.63, 3.8) is 0 Å². The minimum Gasteiger partial charge on any atom is -0.468 e. The Kier molecular flexibility index (Phi) is 6.70. The SMILES string of the molecule is COC(=O)CN(CC(=O)OC)Cc1nc(Cl)ccc1Cl. The fourth-order valence-corrected chi connectivity index (χ4v) is 1.77. The Morgan fingerprint density at radius 3 is 2.20 bits per heavy atom. The molecule has 1 aromatic heterocycles. The first-order valence-electron chi connectivity index (χ1n) is 5.63. The largest absolute Gasteiger partial charge is 0.468 e. The number of esters is 2. The topological polar surface area (TPSA) is 68.7 Å². The third kappa shape index (κ3) is 5.32. The van der Waals surface area contributed by atoms with Gasteiger partial charge in [0.1, 0.15) is 5.15 Å². The van der Waals surface area contributed by atoms with Crippen LogP contribution in [0.15, 0.2) is 12.1 Å². The van der Waals surface area contributed by atoms with Crippen molar-refractivity contribution in [2.75, 3.05) is 27.3 Å². The highest BCUT2D eigenvalue weighted by Crippen LogP contribution is 2.18. The number of pyridine rings is 1. The van der Waals surface area contributed by atoms with Gasteiger partial charge < -0.3 is 9.47 Å². The van der Waals surface area contributed by atoms with Crippen molar-refractivity contribution < 1.29 is 19.1 Å². The third-order valence-electron chi connectivity index (χ3n) is 2.42. The maximum Gasteiger partial charge on any atom is 0.319 e. The van der Waals surface area contributed by atoms with Gasteiger partial charge in [0.25, 0.3) is 0 Å². The first-order valence-corrected chi connectivity index (χ1v) is 6.38. The van der Waals surface area contributed by atoms with Gasteiger partial charge in [-0.25, -0.2) is 4.98 Å². The lowest BCUT2D eigenvalue weighted by atomic mass is 10.3. The first kappa shape index (κ1) is 16.7. The number of carbonyl (C=O) groups is 2. The number of nitrogens with zero attached hydrogens (tertiary/aromatic N) is 2. The van der Waals surface area contributed by atoms with Crippen LogP contribution in [0, 0.1) is 0 Å². The molecule has 0 atom stereocenters. The van der Waals surface area contributed by atoms with Gasteiger partial charge in [-0.1, -0.05) is 23.2 Å². The molecule has 0 saturated heterocycles. The minimum absolute atomic E-state index is 0.0872. The van der Waals surface area contributed by atoms with Crippen molar-refractivity contribution in [3.05, 3.63) is 28.0 Å². The van der Waals surface area contributed by atoms with Gasteiger partial charge in [0.2, 0.25) is 0 Å². The predicted octanol–water partition coefficient (Wildman–Crippen LogP) is 1.54. The Hall–Kier alpha value is -1.37. The quantitative estimate of drug-likeness (QED) is 0.585. The van der Waals surface area contributed by atoms with Gasteiger partial charge in [0, 0.05) is 6.54 Å². The van der Waals surface area contributed by atoms with Gasteiger partial charge in [-0.2, -0.15) is 0 Å². The van der Waals surface area contributed by atoms with Crippen LogP contribution in [0.3, 0.4) is 0 Å². The molecule has 0 aliphatic carbocycles. The molecule has 1 heterocycles. The minimum atomic E-state index is -0.480. The van der Waals surface area contributed by atoms with E-state index in [4.69, 9.17) is 23.2 Å². The van der Waals surface area contributed by atoms with E-state index >= 15 is 0 Å². The summed E-state index contributed by atoms with van der Waals surface area (Å²) < 4.78 is 9.15. The molecule has 1 aromatic rings. The summed E-state index contributed by atoms with van der Waals surface area (Å²) in [6, 6.07) is 3.15. The Morgan fingerprint density at radius 2 is 1.70 bits per heavy atom. The van der Waals surface area contributed by atoms with Crippen LogP contribution in [0.1, 0.15) is 5.69 Å². The van der Waals surface area contributed by atoms with Gasteiger partial charge in [-0.3, -0.25) is 14.5 Å². The number of ether oxygens (including phenoxy) is 2. The van der Waals surface area contributed by atoms with Crippen LogP contribution < -0.4 is 0 Å². The summed E-state index contributed by atoms with van der Waals surface area (Å²) in [5, 5.41) is 0.676. The van der Waals surface area contributed by atoms with Crippen molar-refractivity contribution in [1.82, 2.24) is 9.88 Å². The second-order valence-electron chi connectivity index (χ2n) is 3.86. The molecule has 0 aliphatic rings. The molecule has 0 bridgehead atoms. The first-order chi connectivity index (χ1) is 9.46. The smallest absolute Gasteiger partial charge is 0.319 e. The number of methoxy groups -OCH3 is 2. The molecule has 0 fully saturated rings. The van der Waals surface area contributed by atoms with E-state index in [1.807, 2.05) is 0 Å². The highest BCUT2D eigenvalue weighted by atomic mass is 35.5. The average molecular weight is 321 g/mol. The lowest BCUT2D eigenvalue weighted by molar-refractivity contribution is -0.145. The summed E-state index contributed by atoms with van der Waals surface area (Å²) in [5.74, 6) is -0.959. The number of hydrogen-bond donors (Lipinski definition) is 0. The number of hydrogen-bond acceptors (Lipinski definition) is 6. The zero-order valence-electron chi connectivity index (χ0n) is 11.1. The molecule has 0 aromatic carbocycles. The fourth-order valence-electron chi connectivity index (χ4n) is 1.44. The standard InChI is InChI=1S/C12H14Cl2N2O4/c1-19-11(17)6-16(7-12(18)20-2)5-9-8(13)3-4-10(14)15-9/h3-4H,5-7H2,1-2H3. The van der Waals surface area contributed by atoms with Crippen molar-refractivity contribution in [2.24, 2.45) is 0 Å². The summed E-state index contributed by atoms with van der Waals surface area (Å²) in [7, 11) is 2.53. The van der Waals surface area contributed by atoms with Crippen LogP contribution in [0.2, 0.25) is 10.2 Å². The van der Waals surface area contributed by atoms with E-state index in [1.165, 1.54) is 19.1 Å². The molecular formula is C12H14Cl2N2O4.